The number of rotatable bonds is 4. The van der Waals surface area contributed by atoms with Gasteiger partial charge < -0.3 is 9.84 Å². The number of aliphatic hydroxyl groups is 1. The molecule has 18 heavy (non-hydrogen) atoms. The number of halogens is 2. The summed E-state index contributed by atoms with van der Waals surface area (Å²) >= 11 is 0. The van der Waals surface area contributed by atoms with Gasteiger partial charge in [-0.2, -0.15) is 0 Å². The van der Waals surface area contributed by atoms with Gasteiger partial charge in [0.05, 0.1) is 6.61 Å². The summed E-state index contributed by atoms with van der Waals surface area (Å²) in [4.78, 5) is 3.87. The molecule has 1 aromatic carbocycles. The molecule has 0 aliphatic carbocycles. The second kappa shape index (κ2) is 5.55. The molecule has 1 N–H and O–H groups in total. The maximum atomic E-state index is 13.5. The van der Waals surface area contributed by atoms with Gasteiger partial charge in [0.25, 0.3) is 0 Å². The fourth-order valence-electron chi connectivity index (χ4n) is 1.48. The van der Waals surface area contributed by atoms with Crippen molar-refractivity contribution >= 4 is 0 Å². The summed E-state index contributed by atoms with van der Waals surface area (Å²) in [6.45, 7) is -0.392. The predicted molar refractivity (Wildman–Crippen MR) is 60.8 cm³/mol. The Kier molecular flexibility index (Phi) is 3.84. The van der Waals surface area contributed by atoms with E-state index >= 15 is 0 Å². The average Bonchev–Trinajstić information content (AvgIpc) is 2.38. The van der Waals surface area contributed by atoms with Crippen molar-refractivity contribution in [2.24, 2.45) is 0 Å². The van der Waals surface area contributed by atoms with Crippen molar-refractivity contribution < 1.29 is 18.6 Å². The first-order valence-corrected chi connectivity index (χ1v) is 5.31. The molecule has 0 amide bonds. The minimum absolute atomic E-state index is 0.0279. The van der Waals surface area contributed by atoms with Crippen LogP contribution in [0.15, 0.2) is 36.7 Å². The maximum Gasteiger partial charge on any atom is 0.191 e. The number of aliphatic hydroxyl groups excluding tert-OH is 1. The first kappa shape index (κ1) is 12.4. The third-order valence-electron chi connectivity index (χ3n) is 2.35. The van der Waals surface area contributed by atoms with E-state index in [2.05, 4.69) is 4.98 Å². The highest BCUT2D eigenvalue weighted by Crippen LogP contribution is 2.24. The monoisotopic (exact) mass is 251 g/mol. The summed E-state index contributed by atoms with van der Waals surface area (Å²) in [5.74, 6) is -2.11. The van der Waals surface area contributed by atoms with Crippen LogP contribution in [0, 0.1) is 11.6 Å². The first-order chi connectivity index (χ1) is 8.70. The molecular weight excluding hydrogens is 240 g/mol. The fraction of sp³-hybridized carbons (Fsp3) is 0.154. The van der Waals surface area contributed by atoms with Gasteiger partial charge in [-0.15, -0.1) is 0 Å². The Morgan fingerprint density at radius 1 is 1.17 bits per heavy atom. The quantitative estimate of drug-likeness (QED) is 0.907. The molecule has 3 nitrogen and oxygen atoms in total. The van der Waals surface area contributed by atoms with Crippen molar-refractivity contribution in [1.29, 1.82) is 0 Å². The Hall–Kier alpha value is -2.01. The molecule has 1 heterocycles. The minimum Gasteiger partial charge on any atom is -0.483 e. The van der Waals surface area contributed by atoms with E-state index in [0.717, 1.165) is 12.1 Å². The van der Waals surface area contributed by atoms with Gasteiger partial charge in [0.15, 0.2) is 17.4 Å². The van der Waals surface area contributed by atoms with Crippen LogP contribution in [0.25, 0.3) is 0 Å². The van der Waals surface area contributed by atoms with Gasteiger partial charge in [-0.25, -0.2) is 8.78 Å². The number of benzene rings is 1. The van der Waals surface area contributed by atoms with Crippen molar-refractivity contribution in [3.05, 3.63) is 59.4 Å². The van der Waals surface area contributed by atoms with Crippen molar-refractivity contribution in [1.82, 2.24) is 4.98 Å². The Balaban J connectivity index is 2.15. The zero-order valence-corrected chi connectivity index (χ0v) is 9.44. The van der Waals surface area contributed by atoms with Crippen molar-refractivity contribution in [3.63, 3.8) is 0 Å². The van der Waals surface area contributed by atoms with E-state index in [1.54, 1.807) is 24.5 Å². The van der Waals surface area contributed by atoms with E-state index in [9.17, 15) is 8.78 Å². The summed E-state index contributed by atoms with van der Waals surface area (Å²) in [6, 6.07) is 5.54. The summed E-state index contributed by atoms with van der Waals surface area (Å²) in [5.41, 5.74) is 0.876. The van der Waals surface area contributed by atoms with Crippen LogP contribution in [0.1, 0.15) is 11.1 Å². The van der Waals surface area contributed by atoms with Crippen LogP contribution in [0.2, 0.25) is 0 Å². The third kappa shape index (κ3) is 2.81. The summed E-state index contributed by atoms with van der Waals surface area (Å²) in [6.07, 6.45) is 3.15. The Morgan fingerprint density at radius 3 is 2.44 bits per heavy atom. The van der Waals surface area contributed by atoms with Gasteiger partial charge in [0, 0.05) is 18.0 Å². The molecule has 2 aromatic rings. The van der Waals surface area contributed by atoms with E-state index in [1.165, 1.54) is 0 Å². The Bertz CT molecular complexity index is 509. The Morgan fingerprint density at radius 2 is 1.89 bits per heavy atom. The van der Waals surface area contributed by atoms with Gasteiger partial charge in [-0.1, -0.05) is 6.07 Å². The first-order valence-electron chi connectivity index (χ1n) is 5.31. The topological polar surface area (TPSA) is 42.4 Å². The zero-order valence-electron chi connectivity index (χ0n) is 9.44. The van der Waals surface area contributed by atoms with Crippen LogP contribution in [0.4, 0.5) is 8.78 Å². The van der Waals surface area contributed by atoms with Crippen molar-refractivity contribution in [2.45, 2.75) is 13.2 Å². The van der Waals surface area contributed by atoms with Gasteiger partial charge in [-0.3, -0.25) is 4.98 Å². The molecule has 1 aromatic heterocycles. The van der Waals surface area contributed by atoms with Gasteiger partial charge in [0.2, 0.25) is 0 Å². The van der Waals surface area contributed by atoms with Gasteiger partial charge >= 0.3 is 0 Å². The molecule has 0 aliphatic heterocycles. The van der Waals surface area contributed by atoms with E-state index in [1.807, 2.05) is 0 Å². The SMILES string of the molecule is OCc1cc(F)c(OCc2cccnc2)c(F)c1. The molecule has 0 saturated carbocycles. The van der Waals surface area contributed by atoms with Crippen molar-refractivity contribution in [2.75, 3.05) is 0 Å². The number of nitrogens with zero attached hydrogens (tertiary/aromatic N) is 1. The molecular formula is C13H11F2NO2. The lowest BCUT2D eigenvalue weighted by atomic mass is 10.2. The number of hydrogen-bond donors (Lipinski definition) is 1. The van der Waals surface area contributed by atoms with Crippen LogP contribution < -0.4 is 4.74 Å². The molecule has 0 unspecified atom stereocenters. The largest absolute Gasteiger partial charge is 0.483 e. The van der Waals surface area contributed by atoms with Crippen LogP contribution in [-0.2, 0) is 13.2 Å². The van der Waals surface area contributed by atoms with E-state index < -0.39 is 24.0 Å². The lowest BCUT2D eigenvalue weighted by Gasteiger charge is -2.09. The molecule has 5 heteroatoms. The molecule has 0 spiro atoms. The van der Waals surface area contributed by atoms with E-state index in [4.69, 9.17) is 9.84 Å². The number of pyridine rings is 1. The van der Waals surface area contributed by atoms with E-state index in [-0.39, 0.29) is 12.2 Å². The maximum absolute atomic E-state index is 13.5. The molecule has 0 saturated heterocycles. The predicted octanol–water partition coefficient (Wildman–Crippen LogP) is 2.43. The molecule has 0 aliphatic rings. The normalized spacial score (nSPS) is 10.4. The summed E-state index contributed by atoms with van der Waals surface area (Å²) in [7, 11) is 0. The third-order valence-corrected chi connectivity index (χ3v) is 2.35. The molecule has 0 fully saturated rings. The number of hydrogen-bond acceptors (Lipinski definition) is 3. The molecule has 94 valence electrons. The van der Waals surface area contributed by atoms with Crippen molar-refractivity contribution in [3.8, 4) is 5.75 Å². The highest BCUT2D eigenvalue weighted by molar-refractivity contribution is 5.31. The molecule has 0 radical (unpaired) electrons. The number of aromatic nitrogens is 1. The zero-order chi connectivity index (χ0) is 13.0. The smallest absolute Gasteiger partial charge is 0.191 e. The molecule has 0 bridgehead atoms. The lowest BCUT2D eigenvalue weighted by molar-refractivity contribution is 0.266. The van der Waals surface area contributed by atoms with E-state index in [0.29, 0.717) is 5.56 Å². The average molecular weight is 251 g/mol. The second-order valence-corrected chi connectivity index (χ2v) is 3.70. The van der Waals surface area contributed by atoms with Crippen LogP contribution in [-0.4, -0.2) is 10.1 Å². The second-order valence-electron chi connectivity index (χ2n) is 3.70. The summed E-state index contributed by atoms with van der Waals surface area (Å²) < 4.78 is 32.1. The Labute approximate surface area is 103 Å². The fourth-order valence-corrected chi connectivity index (χ4v) is 1.48. The highest BCUT2D eigenvalue weighted by Gasteiger charge is 2.12. The highest BCUT2D eigenvalue weighted by atomic mass is 19.1. The molecule has 0 atom stereocenters. The molecule has 2 rings (SSSR count). The lowest BCUT2D eigenvalue weighted by Crippen LogP contribution is -2.01. The van der Waals surface area contributed by atoms with Crippen LogP contribution in [0.5, 0.6) is 5.75 Å². The summed E-state index contributed by atoms with van der Waals surface area (Å²) in [5, 5.41) is 8.80. The standard InChI is InChI=1S/C13H11F2NO2/c14-11-4-10(7-17)5-12(15)13(11)18-8-9-2-1-3-16-6-9/h1-6,17H,7-8H2. The van der Waals surface area contributed by atoms with Gasteiger partial charge in [-0.05, 0) is 23.8 Å². The van der Waals surface area contributed by atoms with Crippen LogP contribution in [0.3, 0.4) is 0 Å². The van der Waals surface area contributed by atoms with Gasteiger partial charge in [0.1, 0.15) is 6.61 Å². The van der Waals surface area contributed by atoms with Crippen LogP contribution >= 0.6 is 0 Å². The minimum atomic E-state index is -0.831. The number of ether oxygens (including phenoxy) is 1.